The van der Waals surface area contributed by atoms with Crippen LogP contribution >= 0.6 is 0 Å². The van der Waals surface area contributed by atoms with Crippen molar-refractivity contribution in [1.29, 1.82) is 0 Å². The van der Waals surface area contributed by atoms with Gasteiger partial charge in [0.25, 0.3) is 0 Å². The van der Waals surface area contributed by atoms with Crippen molar-refractivity contribution in [3.63, 3.8) is 0 Å². The maximum atomic E-state index is 10.9. The predicted molar refractivity (Wildman–Crippen MR) is 62.8 cm³/mol. The summed E-state index contributed by atoms with van der Waals surface area (Å²) in [7, 11) is 0. The van der Waals surface area contributed by atoms with Gasteiger partial charge >= 0.3 is 5.97 Å². The van der Waals surface area contributed by atoms with Crippen molar-refractivity contribution >= 4 is 12.0 Å². The van der Waals surface area contributed by atoms with E-state index in [-0.39, 0.29) is 6.04 Å². The first-order chi connectivity index (χ1) is 7.77. The molecule has 1 fully saturated rings. The molecule has 1 aromatic rings. The molecule has 1 aromatic carbocycles. The number of carboxylic acid groups (broad SMARTS) is 1. The van der Waals surface area contributed by atoms with Gasteiger partial charge in [-0.2, -0.15) is 0 Å². The van der Waals surface area contributed by atoms with Crippen LogP contribution in [0, 0.1) is 0 Å². The quantitative estimate of drug-likeness (QED) is 0.843. The van der Waals surface area contributed by atoms with Crippen LogP contribution in [0.2, 0.25) is 0 Å². The normalized spacial score (nSPS) is 20.5. The number of likely N-dealkylation sites (tertiary alicyclic amines) is 1. The standard InChI is InChI=1S/C13H15NO2/c15-13(16)12-7-4-9-14(12)10-8-11-5-2-1-3-6-11/h1-3,5-6,8,10,12H,4,7,9H2,(H,15,16)/b10-8+/t12-/m0/s1. The molecule has 1 aliphatic heterocycles. The fraction of sp³-hybridized carbons (Fsp3) is 0.308. The van der Waals surface area contributed by atoms with Gasteiger partial charge in [0, 0.05) is 12.7 Å². The van der Waals surface area contributed by atoms with Crippen LogP contribution in [0.25, 0.3) is 6.08 Å². The third-order valence-corrected chi connectivity index (χ3v) is 2.84. The van der Waals surface area contributed by atoms with Crippen molar-refractivity contribution in [1.82, 2.24) is 4.90 Å². The Balaban J connectivity index is 2.04. The Morgan fingerprint density at radius 1 is 1.38 bits per heavy atom. The maximum Gasteiger partial charge on any atom is 0.326 e. The number of carboxylic acids is 1. The van der Waals surface area contributed by atoms with Gasteiger partial charge in [-0.3, -0.25) is 0 Å². The van der Waals surface area contributed by atoms with Crippen molar-refractivity contribution < 1.29 is 9.90 Å². The highest BCUT2D eigenvalue weighted by molar-refractivity contribution is 5.74. The monoisotopic (exact) mass is 217 g/mol. The first-order valence-corrected chi connectivity index (χ1v) is 5.49. The van der Waals surface area contributed by atoms with E-state index >= 15 is 0 Å². The summed E-state index contributed by atoms with van der Waals surface area (Å²) in [4.78, 5) is 12.8. The lowest BCUT2D eigenvalue weighted by Crippen LogP contribution is -2.31. The molecule has 2 rings (SSSR count). The number of carbonyl (C=O) groups is 1. The van der Waals surface area contributed by atoms with E-state index in [4.69, 9.17) is 5.11 Å². The minimum absolute atomic E-state index is 0.347. The number of hydrogen-bond donors (Lipinski definition) is 1. The molecule has 1 heterocycles. The zero-order valence-corrected chi connectivity index (χ0v) is 9.04. The van der Waals surface area contributed by atoms with E-state index in [2.05, 4.69) is 0 Å². The first kappa shape index (κ1) is 10.7. The first-order valence-electron chi connectivity index (χ1n) is 5.49. The Bertz CT molecular complexity index is 386. The van der Waals surface area contributed by atoms with Gasteiger partial charge < -0.3 is 10.0 Å². The molecular formula is C13H15NO2. The second kappa shape index (κ2) is 4.84. The van der Waals surface area contributed by atoms with E-state index in [1.54, 1.807) is 0 Å². The molecule has 1 N–H and O–H groups in total. The van der Waals surface area contributed by atoms with E-state index in [0.29, 0.717) is 0 Å². The Hall–Kier alpha value is -1.77. The van der Waals surface area contributed by atoms with Crippen LogP contribution in [0.1, 0.15) is 18.4 Å². The third kappa shape index (κ3) is 2.42. The molecule has 0 saturated carbocycles. The van der Waals surface area contributed by atoms with Crippen LogP contribution in [-0.4, -0.2) is 28.6 Å². The Labute approximate surface area is 95.0 Å². The summed E-state index contributed by atoms with van der Waals surface area (Å²) in [5.74, 6) is -0.727. The Morgan fingerprint density at radius 2 is 2.12 bits per heavy atom. The van der Waals surface area contributed by atoms with Gasteiger partial charge in [-0.05, 0) is 24.5 Å². The van der Waals surface area contributed by atoms with E-state index in [1.165, 1.54) is 0 Å². The number of nitrogens with zero attached hydrogens (tertiary/aromatic N) is 1. The maximum absolute atomic E-state index is 10.9. The molecule has 3 heteroatoms. The van der Waals surface area contributed by atoms with E-state index in [0.717, 1.165) is 24.9 Å². The molecule has 0 amide bonds. The summed E-state index contributed by atoms with van der Waals surface area (Å²) in [5, 5.41) is 9.01. The van der Waals surface area contributed by atoms with Crippen LogP contribution in [0.3, 0.4) is 0 Å². The van der Waals surface area contributed by atoms with Gasteiger partial charge in [-0.1, -0.05) is 30.3 Å². The summed E-state index contributed by atoms with van der Waals surface area (Å²) in [6.45, 7) is 0.834. The summed E-state index contributed by atoms with van der Waals surface area (Å²) in [5.41, 5.74) is 1.10. The van der Waals surface area contributed by atoms with Gasteiger partial charge in [-0.15, -0.1) is 0 Å². The number of benzene rings is 1. The molecule has 1 aliphatic rings. The lowest BCUT2D eigenvalue weighted by Gasteiger charge is -2.18. The topological polar surface area (TPSA) is 40.5 Å². The van der Waals surface area contributed by atoms with Crippen LogP contribution in [0.15, 0.2) is 36.5 Å². The zero-order valence-electron chi connectivity index (χ0n) is 9.04. The predicted octanol–water partition coefficient (Wildman–Crippen LogP) is 2.21. The van der Waals surface area contributed by atoms with Gasteiger partial charge in [-0.25, -0.2) is 4.79 Å². The molecule has 16 heavy (non-hydrogen) atoms. The van der Waals surface area contributed by atoms with Crippen LogP contribution in [0.4, 0.5) is 0 Å². The smallest absolute Gasteiger partial charge is 0.326 e. The average Bonchev–Trinajstić information content (AvgIpc) is 2.76. The van der Waals surface area contributed by atoms with Crippen molar-refractivity contribution in [2.75, 3.05) is 6.54 Å². The molecule has 0 spiro atoms. The SMILES string of the molecule is O=C(O)[C@@H]1CCCN1/C=C/c1ccccc1. The fourth-order valence-corrected chi connectivity index (χ4v) is 1.98. The third-order valence-electron chi connectivity index (χ3n) is 2.84. The number of hydrogen-bond acceptors (Lipinski definition) is 2. The summed E-state index contributed by atoms with van der Waals surface area (Å²) < 4.78 is 0. The summed E-state index contributed by atoms with van der Waals surface area (Å²) in [6, 6.07) is 9.56. The number of aliphatic carboxylic acids is 1. The van der Waals surface area contributed by atoms with Crippen LogP contribution in [0.5, 0.6) is 0 Å². The van der Waals surface area contributed by atoms with Gasteiger partial charge in [0.15, 0.2) is 0 Å². The van der Waals surface area contributed by atoms with E-state index in [1.807, 2.05) is 47.5 Å². The minimum atomic E-state index is -0.727. The van der Waals surface area contributed by atoms with Crippen molar-refractivity contribution in [3.8, 4) is 0 Å². The highest BCUT2D eigenvalue weighted by Gasteiger charge is 2.27. The van der Waals surface area contributed by atoms with E-state index < -0.39 is 5.97 Å². The second-order valence-corrected chi connectivity index (χ2v) is 3.96. The molecule has 1 atom stereocenters. The molecule has 0 bridgehead atoms. The van der Waals surface area contributed by atoms with Gasteiger partial charge in [0.1, 0.15) is 6.04 Å². The van der Waals surface area contributed by atoms with Crippen molar-refractivity contribution in [2.24, 2.45) is 0 Å². The number of rotatable bonds is 3. The molecule has 0 aromatic heterocycles. The fourth-order valence-electron chi connectivity index (χ4n) is 1.98. The second-order valence-electron chi connectivity index (χ2n) is 3.96. The molecule has 0 unspecified atom stereocenters. The Kier molecular flexibility index (Phi) is 3.25. The molecule has 3 nitrogen and oxygen atoms in total. The molecular weight excluding hydrogens is 202 g/mol. The highest BCUT2D eigenvalue weighted by Crippen LogP contribution is 2.18. The lowest BCUT2D eigenvalue weighted by molar-refractivity contribution is -0.141. The highest BCUT2D eigenvalue weighted by atomic mass is 16.4. The van der Waals surface area contributed by atoms with E-state index in [9.17, 15) is 4.79 Å². The minimum Gasteiger partial charge on any atom is -0.480 e. The van der Waals surface area contributed by atoms with Crippen molar-refractivity contribution in [2.45, 2.75) is 18.9 Å². The van der Waals surface area contributed by atoms with Gasteiger partial charge in [0.05, 0.1) is 0 Å². The summed E-state index contributed by atoms with van der Waals surface area (Å²) in [6.07, 6.45) is 5.55. The molecule has 1 saturated heterocycles. The zero-order chi connectivity index (χ0) is 11.4. The van der Waals surface area contributed by atoms with Crippen LogP contribution < -0.4 is 0 Å². The van der Waals surface area contributed by atoms with Crippen LogP contribution in [-0.2, 0) is 4.79 Å². The summed E-state index contributed by atoms with van der Waals surface area (Å²) >= 11 is 0. The lowest BCUT2D eigenvalue weighted by atomic mass is 10.2. The molecule has 0 radical (unpaired) electrons. The molecule has 0 aliphatic carbocycles. The molecule has 84 valence electrons. The van der Waals surface area contributed by atoms with Gasteiger partial charge in [0.2, 0.25) is 0 Å². The Morgan fingerprint density at radius 3 is 2.81 bits per heavy atom. The largest absolute Gasteiger partial charge is 0.480 e. The average molecular weight is 217 g/mol. The van der Waals surface area contributed by atoms with Crippen molar-refractivity contribution in [3.05, 3.63) is 42.1 Å².